The molecule has 1 aromatic rings. The van der Waals surface area contributed by atoms with Crippen molar-refractivity contribution < 1.29 is 9.84 Å². The summed E-state index contributed by atoms with van der Waals surface area (Å²) in [5.74, 6) is 0.391. The zero-order valence-electron chi connectivity index (χ0n) is 7.60. The van der Waals surface area contributed by atoms with Gasteiger partial charge in [0.05, 0.1) is 12.1 Å². The number of aromatic hydroxyl groups is 1. The molecule has 0 bridgehead atoms. The molecule has 2 N–H and O–H groups in total. The lowest BCUT2D eigenvalue weighted by Crippen LogP contribution is -2.05. The number of hydrogen-bond acceptors (Lipinski definition) is 3. The molecule has 1 rings (SSSR count). The molecular formula is C9H12ClNO2. The van der Waals surface area contributed by atoms with Crippen LogP contribution in [-0.4, -0.2) is 19.3 Å². The van der Waals surface area contributed by atoms with Crippen molar-refractivity contribution in [2.24, 2.45) is 0 Å². The zero-order chi connectivity index (χ0) is 9.84. The molecule has 13 heavy (non-hydrogen) atoms. The lowest BCUT2D eigenvalue weighted by atomic mass is 10.2. The van der Waals surface area contributed by atoms with Crippen LogP contribution in [0.25, 0.3) is 0 Å². The molecule has 0 spiro atoms. The molecule has 0 atom stereocenters. The van der Waals surface area contributed by atoms with E-state index in [1.165, 1.54) is 7.11 Å². The minimum atomic E-state index is -0.0102. The van der Waals surface area contributed by atoms with Crippen LogP contribution >= 0.6 is 11.6 Å². The van der Waals surface area contributed by atoms with Crippen molar-refractivity contribution in [1.29, 1.82) is 0 Å². The number of phenolic OH excluding ortho intramolecular Hbond substituents is 1. The van der Waals surface area contributed by atoms with Gasteiger partial charge in [-0.2, -0.15) is 0 Å². The van der Waals surface area contributed by atoms with Gasteiger partial charge in [0.2, 0.25) is 0 Å². The molecule has 0 aromatic heterocycles. The van der Waals surface area contributed by atoms with Crippen molar-refractivity contribution >= 4 is 11.6 Å². The normalized spacial score (nSPS) is 10.1. The van der Waals surface area contributed by atoms with E-state index in [0.29, 0.717) is 17.3 Å². The molecule has 1 aromatic carbocycles. The van der Waals surface area contributed by atoms with E-state index in [1.54, 1.807) is 12.1 Å². The number of nitrogens with one attached hydrogen (secondary N) is 1. The van der Waals surface area contributed by atoms with E-state index < -0.39 is 0 Å². The number of phenols is 1. The Bertz CT molecular complexity index is 302. The Morgan fingerprint density at radius 2 is 2.23 bits per heavy atom. The van der Waals surface area contributed by atoms with E-state index in [9.17, 15) is 5.11 Å². The van der Waals surface area contributed by atoms with Gasteiger partial charge in [-0.25, -0.2) is 0 Å². The van der Waals surface area contributed by atoms with Crippen LogP contribution in [0.3, 0.4) is 0 Å². The first-order valence-corrected chi connectivity index (χ1v) is 4.26. The Labute approximate surface area is 82.3 Å². The molecule has 0 aliphatic heterocycles. The van der Waals surface area contributed by atoms with Crippen LogP contribution in [0, 0.1) is 0 Å². The second kappa shape index (κ2) is 4.35. The van der Waals surface area contributed by atoms with Crippen LogP contribution in [0.15, 0.2) is 12.1 Å². The summed E-state index contributed by atoms with van der Waals surface area (Å²) in [6.07, 6.45) is 0. The van der Waals surface area contributed by atoms with Gasteiger partial charge in [0, 0.05) is 6.54 Å². The topological polar surface area (TPSA) is 41.5 Å². The highest BCUT2D eigenvalue weighted by molar-refractivity contribution is 6.32. The lowest BCUT2D eigenvalue weighted by molar-refractivity contribution is 0.373. The predicted octanol–water partition coefficient (Wildman–Crippen LogP) is 1.77. The van der Waals surface area contributed by atoms with E-state index in [1.807, 2.05) is 7.05 Å². The first-order chi connectivity index (χ1) is 6.19. The smallest absolute Gasteiger partial charge is 0.176 e. The molecule has 0 heterocycles. The zero-order valence-corrected chi connectivity index (χ0v) is 8.35. The molecule has 3 nitrogen and oxygen atoms in total. The van der Waals surface area contributed by atoms with E-state index in [-0.39, 0.29) is 5.75 Å². The second-order valence-corrected chi connectivity index (χ2v) is 3.07. The van der Waals surface area contributed by atoms with E-state index in [0.717, 1.165) is 5.56 Å². The summed E-state index contributed by atoms with van der Waals surface area (Å²) in [4.78, 5) is 0. The van der Waals surface area contributed by atoms with Crippen LogP contribution in [-0.2, 0) is 6.54 Å². The SMILES string of the molecule is CNCc1cc(Cl)c(O)c(OC)c1. The summed E-state index contributed by atoms with van der Waals surface area (Å²) in [5, 5.41) is 12.7. The number of rotatable bonds is 3. The Morgan fingerprint density at radius 3 is 2.77 bits per heavy atom. The molecule has 0 saturated heterocycles. The highest BCUT2D eigenvalue weighted by atomic mass is 35.5. The van der Waals surface area contributed by atoms with Gasteiger partial charge in [0.1, 0.15) is 0 Å². The number of methoxy groups -OCH3 is 1. The molecule has 0 amide bonds. The number of benzene rings is 1. The minimum absolute atomic E-state index is 0.0102. The molecule has 0 saturated carbocycles. The Balaban J connectivity index is 3.06. The maximum absolute atomic E-state index is 9.41. The van der Waals surface area contributed by atoms with Crippen molar-refractivity contribution in [2.75, 3.05) is 14.2 Å². The predicted molar refractivity (Wildman–Crippen MR) is 52.4 cm³/mol. The Morgan fingerprint density at radius 1 is 1.54 bits per heavy atom. The van der Waals surface area contributed by atoms with Gasteiger partial charge in [0.15, 0.2) is 11.5 Å². The van der Waals surface area contributed by atoms with Crippen molar-refractivity contribution in [3.8, 4) is 11.5 Å². The van der Waals surface area contributed by atoms with Gasteiger partial charge < -0.3 is 15.2 Å². The Kier molecular flexibility index (Phi) is 3.39. The molecule has 0 unspecified atom stereocenters. The fourth-order valence-corrected chi connectivity index (χ4v) is 1.32. The molecular weight excluding hydrogens is 190 g/mol. The standard InChI is InChI=1S/C9H12ClNO2/c1-11-5-6-3-7(10)9(12)8(4-6)13-2/h3-4,11-12H,5H2,1-2H3. The summed E-state index contributed by atoms with van der Waals surface area (Å²) in [6, 6.07) is 3.45. The molecule has 72 valence electrons. The van der Waals surface area contributed by atoms with Gasteiger partial charge in [-0.15, -0.1) is 0 Å². The first-order valence-electron chi connectivity index (χ1n) is 3.89. The van der Waals surface area contributed by atoms with Gasteiger partial charge in [-0.1, -0.05) is 11.6 Å². The van der Waals surface area contributed by atoms with Gasteiger partial charge >= 0.3 is 0 Å². The fraction of sp³-hybridized carbons (Fsp3) is 0.333. The summed E-state index contributed by atoms with van der Waals surface area (Å²) in [6.45, 7) is 0.691. The third-order valence-electron chi connectivity index (χ3n) is 1.69. The summed E-state index contributed by atoms with van der Waals surface area (Å²) < 4.78 is 4.95. The van der Waals surface area contributed by atoms with Crippen LogP contribution in [0.5, 0.6) is 11.5 Å². The van der Waals surface area contributed by atoms with Crippen LogP contribution < -0.4 is 10.1 Å². The van der Waals surface area contributed by atoms with Crippen LogP contribution in [0.2, 0.25) is 5.02 Å². The van der Waals surface area contributed by atoms with Crippen molar-refractivity contribution in [2.45, 2.75) is 6.54 Å². The van der Waals surface area contributed by atoms with E-state index >= 15 is 0 Å². The largest absolute Gasteiger partial charge is 0.503 e. The number of hydrogen-bond donors (Lipinski definition) is 2. The summed E-state index contributed by atoms with van der Waals surface area (Å²) in [7, 11) is 3.34. The first kappa shape index (κ1) is 10.2. The van der Waals surface area contributed by atoms with Crippen molar-refractivity contribution in [1.82, 2.24) is 5.32 Å². The Hall–Kier alpha value is -0.930. The van der Waals surface area contributed by atoms with E-state index in [2.05, 4.69) is 5.32 Å². The molecule has 0 radical (unpaired) electrons. The summed E-state index contributed by atoms with van der Waals surface area (Å²) >= 11 is 5.78. The molecule has 0 aliphatic carbocycles. The lowest BCUT2D eigenvalue weighted by Gasteiger charge is -2.07. The van der Waals surface area contributed by atoms with Crippen LogP contribution in [0.4, 0.5) is 0 Å². The number of halogens is 1. The quantitative estimate of drug-likeness (QED) is 0.784. The maximum atomic E-state index is 9.41. The average molecular weight is 202 g/mol. The minimum Gasteiger partial charge on any atom is -0.503 e. The van der Waals surface area contributed by atoms with Crippen molar-refractivity contribution in [3.05, 3.63) is 22.7 Å². The van der Waals surface area contributed by atoms with Crippen LogP contribution in [0.1, 0.15) is 5.56 Å². The molecule has 4 heteroatoms. The highest BCUT2D eigenvalue weighted by Gasteiger charge is 2.07. The monoisotopic (exact) mass is 201 g/mol. The molecule has 0 fully saturated rings. The second-order valence-electron chi connectivity index (χ2n) is 2.66. The average Bonchev–Trinajstić information content (AvgIpc) is 2.11. The third-order valence-corrected chi connectivity index (χ3v) is 1.98. The number of ether oxygens (including phenoxy) is 1. The third kappa shape index (κ3) is 2.26. The molecule has 0 aliphatic rings. The van der Waals surface area contributed by atoms with Gasteiger partial charge in [-0.3, -0.25) is 0 Å². The van der Waals surface area contributed by atoms with Gasteiger partial charge in [-0.05, 0) is 24.7 Å². The summed E-state index contributed by atoms with van der Waals surface area (Å²) in [5.41, 5.74) is 0.974. The van der Waals surface area contributed by atoms with E-state index in [4.69, 9.17) is 16.3 Å². The van der Waals surface area contributed by atoms with Crippen molar-refractivity contribution in [3.63, 3.8) is 0 Å². The van der Waals surface area contributed by atoms with Gasteiger partial charge in [0.25, 0.3) is 0 Å². The maximum Gasteiger partial charge on any atom is 0.176 e. The highest BCUT2D eigenvalue weighted by Crippen LogP contribution is 2.34. The fourth-order valence-electron chi connectivity index (χ4n) is 1.09.